The Morgan fingerprint density at radius 1 is 1.00 bits per heavy atom. The Morgan fingerprint density at radius 2 is 1.72 bits per heavy atom. The Morgan fingerprint density at radius 3 is 2.41 bits per heavy atom. The maximum Gasteiger partial charge on any atom is 0.290 e. The Kier molecular flexibility index (Phi) is 6.39. The van der Waals surface area contributed by atoms with Gasteiger partial charge in [0.2, 0.25) is 5.91 Å². The fourth-order valence-corrected chi connectivity index (χ4v) is 2.77. The standard InChI is InChI=1S/C22H20F2N2O3/c1-2-26(14-21(27)25-13-15-7-9-16(23)10-8-15)22(28)20-12-11-19(29-20)17-5-3-4-6-18(17)24/h3-12H,2,13-14H2,1H3,(H,25,27). The third-order valence-electron chi connectivity index (χ3n) is 4.36. The Bertz CT molecular complexity index is 999. The van der Waals surface area contributed by atoms with E-state index in [4.69, 9.17) is 4.42 Å². The Balaban J connectivity index is 1.62. The van der Waals surface area contributed by atoms with E-state index in [0.717, 1.165) is 5.56 Å². The first-order valence-corrected chi connectivity index (χ1v) is 9.13. The summed E-state index contributed by atoms with van der Waals surface area (Å²) < 4.78 is 32.3. The highest BCUT2D eigenvalue weighted by Crippen LogP contribution is 2.25. The third kappa shape index (κ3) is 5.07. The molecule has 1 N–H and O–H groups in total. The largest absolute Gasteiger partial charge is 0.451 e. The lowest BCUT2D eigenvalue weighted by Gasteiger charge is -2.19. The number of nitrogens with zero attached hydrogens (tertiary/aromatic N) is 1. The van der Waals surface area contributed by atoms with Gasteiger partial charge in [-0.05, 0) is 48.9 Å². The molecule has 2 amide bonds. The van der Waals surface area contributed by atoms with Gasteiger partial charge in [-0.1, -0.05) is 24.3 Å². The van der Waals surface area contributed by atoms with Crippen LogP contribution in [0.4, 0.5) is 8.78 Å². The van der Waals surface area contributed by atoms with E-state index < -0.39 is 11.7 Å². The Labute approximate surface area is 166 Å². The average Bonchev–Trinajstić information content (AvgIpc) is 3.21. The maximum absolute atomic E-state index is 13.9. The van der Waals surface area contributed by atoms with Crippen molar-refractivity contribution in [1.29, 1.82) is 0 Å². The van der Waals surface area contributed by atoms with E-state index in [1.54, 1.807) is 37.3 Å². The number of benzene rings is 2. The molecule has 0 atom stereocenters. The summed E-state index contributed by atoms with van der Waals surface area (Å²) in [4.78, 5) is 26.2. The molecular formula is C22H20F2N2O3. The van der Waals surface area contributed by atoms with Crippen LogP contribution in [0.15, 0.2) is 65.1 Å². The zero-order valence-corrected chi connectivity index (χ0v) is 15.8. The molecular weight excluding hydrogens is 378 g/mol. The molecule has 0 bridgehead atoms. The van der Waals surface area contributed by atoms with E-state index in [-0.39, 0.29) is 41.9 Å². The van der Waals surface area contributed by atoms with E-state index in [1.807, 2.05) is 0 Å². The molecule has 0 saturated heterocycles. The molecule has 0 spiro atoms. The van der Waals surface area contributed by atoms with Gasteiger partial charge in [-0.2, -0.15) is 0 Å². The summed E-state index contributed by atoms with van der Waals surface area (Å²) in [7, 11) is 0. The van der Waals surface area contributed by atoms with Gasteiger partial charge in [-0.25, -0.2) is 8.78 Å². The molecule has 0 saturated carbocycles. The molecule has 150 valence electrons. The highest BCUT2D eigenvalue weighted by atomic mass is 19.1. The van der Waals surface area contributed by atoms with Crippen LogP contribution in [0, 0.1) is 11.6 Å². The molecule has 0 aliphatic heterocycles. The van der Waals surface area contributed by atoms with Crippen molar-refractivity contribution < 1.29 is 22.8 Å². The molecule has 3 aromatic rings. The number of amides is 2. The van der Waals surface area contributed by atoms with Crippen molar-refractivity contribution in [2.45, 2.75) is 13.5 Å². The maximum atomic E-state index is 13.9. The number of nitrogens with one attached hydrogen (secondary N) is 1. The van der Waals surface area contributed by atoms with Gasteiger partial charge in [0.15, 0.2) is 5.76 Å². The molecule has 7 heteroatoms. The molecule has 1 heterocycles. The van der Waals surface area contributed by atoms with Gasteiger partial charge in [-0.3, -0.25) is 9.59 Å². The van der Waals surface area contributed by atoms with Crippen LogP contribution in [0.1, 0.15) is 23.0 Å². The second-order valence-corrected chi connectivity index (χ2v) is 6.37. The van der Waals surface area contributed by atoms with Crippen molar-refractivity contribution in [3.63, 3.8) is 0 Å². The number of likely N-dealkylation sites (N-methyl/N-ethyl adjacent to an activating group) is 1. The van der Waals surface area contributed by atoms with Crippen LogP contribution in [-0.4, -0.2) is 29.8 Å². The first-order chi connectivity index (χ1) is 14.0. The minimum Gasteiger partial charge on any atom is -0.451 e. The van der Waals surface area contributed by atoms with Crippen LogP contribution >= 0.6 is 0 Å². The fraction of sp³-hybridized carbons (Fsp3) is 0.182. The Hall–Kier alpha value is -3.48. The predicted molar refractivity (Wildman–Crippen MR) is 104 cm³/mol. The molecule has 3 rings (SSSR count). The van der Waals surface area contributed by atoms with E-state index in [1.165, 1.54) is 35.2 Å². The normalized spacial score (nSPS) is 10.6. The van der Waals surface area contributed by atoms with Crippen molar-refractivity contribution in [2.75, 3.05) is 13.1 Å². The van der Waals surface area contributed by atoms with Crippen LogP contribution in [0.25, 0.3) is 11.3 Å². The number of carbonyl (C=O) groups is 2. The van der Waals surface area contributed by atoms with Crippen LogP contribution in [0.3, 0.4) is 0 Å². The number of carbonyl (C=O) groups excluding carboxylic acids is 2. The second-order valence-electron chi connectivity index (χ2n) is 6.37. The lowest BCUT2D eigenvalue weighted by molar-refractivity contribution is -0.121. The minimum absolute atomic E-state index is 0.0245. The van der Waals surface area contributed by atoms with Gasteiger partial charge in [0.1, 0.15) is 17.4 Å². The monoisotopic (exact) mass is 398 g/mol. The van der Waals surface area contributed by atoms with E-state index >= 15 is 0 Å². The number of rotatable bonds is 7. The van der Waals surface area contributed by atoms with Crippen molar-refractivity contribution >= 4 is 11.8 Å². The van der Waals surface area contributed by atoms with Crippen molar-refractivity contribution in [3.8, 4) is 11.3 Å². The molecule has 1 aromatic heterocycles. The summed E-state index contributed by atoms with van der Waals surface area (Å²) in [5.41, 5.74) is 1.00. The first-order valence-electron chi connectivity index (χ1n) is 9.13. The lowest BCUT2D eigenvalue weighted by Crippen LogP contribution is -2.40. The highest BCUT2D eigenvalue weighted by molar-refractivity contribution is 5.94. The van der Waals surface area contributed by atoms with Crippen molar-refractivity contribution in [1.82, 2.24) is 10.2 Å². The second kappa shape index (κ2) is 9.14. The molecule has 2 aromatic carbocycles. The summed E-state index contributed by atoms with van der Waals surface area (Å²) in [6, 6.07) is 14.9. The van der Waals surface area contributed by atoms with Crippen LogP contribution < -0.4 is 5.32 Å². The third-order valence-corrected chi connectivity index (χ3v) is 4.36. The van der Waals surface area contributed by atoms with Gasteiger partial charge in [-0.15, -0.1) is 0 Å². The smallest absolute Gasteiger partial charge is 0.290 e. The molecule has 5 nitrogen and oxygen atoms in total. The van der Waals surface area contributed by atoms with Gasteiger partial charge in [0.05, 0.1) is 12.1 Å². The van der Waals surface area contributed by atoms with Crippen molar-refractivity contribution in [2.24, 2.45) is 0 Å². The van der Waals surface area contributed by atoms with Gasteiger partial charge in [0, 0.05) is 13.1 Å². The number of hydrogen-bond donors (Lipinski definition) is 1. The minimum atomic E-state index is -0.466. The van der Waals surface area contributed by atoms with Gasteiger partial charge in [0.25, 0.3) is 5.91 Å². The number of halogens is 2. The molecule has 0 radical (unpaired) electrons. The van der Waals surface area contributed by atoms with E-state index in [9.17, 15) is 18.4 Å². The zero-order valence-electron chi connectivity index (χ0n) is 15.8. The number of hydrogen-bond acceptors (Lipinski definition) is 3. The molecule has 0 unspecified atom stereocenters. The van der Waals surface area contributed by atoms with E-state index in [0.29, 0.717) is 6.54 Å². The fourth-order valence-electron chi connectivity index (χ4n) is 2.77. The average molecular weight is 398 g/mol. The van der Waals surface area contributed by atoms with Gasteiger partial charge < -0.3 is 14.6 Å². The molecule has 29 heavy (non-hydrogen) atoms. The quantitative estimate of drug-likeness (QED) is 0.654. The molecule has 0 aliphatic carbocycles. The van der Waals surface area contributed by atoms with Crippen LogP contribution in [-0.2, 0) is 11.3 Å². The van der Waals surface area contributed by atoms with Crippen LogP contribution in [0.2, 0.25) is 0 Å². The summed E-state index contributed by atoms with van der Waals surface area (Å²) in [5, 5.41) is 2.69. The lowest BCUT2D eigenvalue weighted by atomic mass is 10.1. The van der Waals surface area contributed by atoms with E-state index in [2.05, 4.69) is 5.32 Å². The first kappa shape index (κ1) is 20.3. The zero-order chi connectivity index (χ0) is 20.8. The molecule has 0 fully saturated rings. The summed E-state index contributed by atoms with van der Waals surface area (Å²) in [6.07, 6.45) is 0. The SMILES string of the molecule is CCN(CC(=O)NCc1ccc(F)cc1)C(=O)c1ccc(-c2ccccc2F)o1. The predicted octanol–water partition coefficient (Wildman–Crippen LogP) is 4.00. The summed E-state index contributed by atoms with van der Waals surface area (Å²) >= 11 is 0. The summed E-state index contributed by atoms with van der Waals surface area (Å²) in [6.45, 7) is 2.10. The summed E-state index contributed by atoms with van der Waals surface area (Å²) in [5.74, 6) is -1.36. The number of furan rings is 1. The topological polar surface area (TPSA) is 62.6 Å². The molecule has 0 aliphatic rings. The van der Waals surface area contributed by atoms with Crippen molar-refractivity contribution in [3.05, 3.63) is 83.6 Å². The van der Waals surface area contributed by atoms with Gasteiger partial charge >= 0.3 is 0 Å². The van der Waals surface area contributed by atoms with Crippen LogP contribution in [0.5, 0.6) is 0 Å². The highest BCUT2D eigenvalue weighted by Gasteiger charge is 2.21.